The smallest absolute Gasteiger partial charge is 0.0690 e. The number of nitrogens with one attached hydrogen (secondary N) is 1. The average Bonchev–Trinajstić information content (AvgIpc) is 2.62. The Morgan fingerprint density at radius 2 is 1.85 bits per heavy atom. The molecule has 0 saturated carbocycles. The number of rotatable bonds is 0. The van der Waals surface area contributed by atoms with Gasteiger partial charge in [0.2, 0.25) is 0 Å². The summed E-state index contributed by atoms with van der Waals surface area (Å²) in [4.78, 5) is 0. The van der Waals surface area contributed by atoms with Crippen molar-refractivity contribution in [2.24, 2.45) is 0 Å². The first kappa shape index (κ1) is 12.5. The van der Waals surface area contributed by atoms with Gasteiger partial charge in [0.15, 0.2) is 0 Å². The van der Waals surface area contributed by atoms with Crippen LogP contribution < -0.4 is 5.30 Å². The molecule has 1 unspecified atom stereocenters. The molecule has 0 amide bonds. The molecule has 1 heterocycles. The van der Waals surface area contributed by atoms with Crippen LogP contribution in [0.15, 0.2) is 42.7 Å². The minimum atomic E-state index is 0. The summed E-state index contributed by atoms with van der Waals surface area (Å²) in [6.07, 6.45) is 3.24. The van der Waals surface area contributed by atoms with E-state index in [2.05, 4.69) is 24.7 Å². The Labute approximate surface area is 96.6 Å². The third-order valence-corrected chi connectivity index (χ3v) is 1.52. The molecule has 1 atom stereocenters. The van der Waals surface area contributed by atoms with Crippen LogP contribution in [0.5, 0.6) is 0 Å². The molecule has 0 fully saturated rings. The maximum atomic E-state index is 3.42. The van der Waals surface area contributed by atoms with E-state index in [9.17, 15) is 0 Å². The summed E-state index contributed by atoms with van der Waals surface area (Å²) in [7, 11) is 2.63. The highest BCUT2D eigenvalue weighted by Gasteiger charge is 1.72. The fraction of sp³-hybridized carbons (Fsp3) is 0. The van der Waals surface area contributed by atoms with Crippen LogP contribution in [0.25, 0.3) is 0 Å². The lowest BCUT2D eigenvalue weighted by molar-refractivity contribution is 0.940. The summed E-state index contributed by atoms with van der Waals surface area (Å²) in [5.74, 6) is 0. The number of hydrogen-bond donors (Lipinski definition) is 1. The van der Waals surface area contributed by atoms with E-state index < -0.39 is 0 Å². The lowest BCUT2D eigenvalue weighted by Gasteiger charge is -1.82. The van der Waals surface area contributed by atoms with Gasteiger partial charge >= 0.3 is 0 Å². The van der Waals surface area contributed by atoms with Crippen molar-refractivity contribution in [3.63, 3.8) is 0 Å². The molecular formula is C8H11IN3P. The first-order valence-electron chi connectivity index (χ1n) is 3.50. The molecule has 13 heavy (non-hydrogen) atoms. The minimum Gasteiger partial charge on any atom is -0.266 e. The minimum absolute atomic E-state index is 0. The van der Waals surface area contributed by atoms with Crippen LogP contribution in [0.1, 0.15) is 0 Å². The van der Waals surface area contributed by atoms with Crippen LogP contribution in [0.2, 0.25) is 0 Å². The number of aromatic amines is 1. The van der Waals surface area contributed by atoms with Crippen LogP contribution in [-0.2, 0) is 0 Å². The molecule has 3 nitrogen and oxygen atoms in total. The van der Waals surface area contributed by atoms with Crippen LogP contribution in [0, 0.1) is 0 Å². The predicted molar refractivity (Wildman–Crippen MR) is 67.6 cm³/mol. The fourth-order valence-electron chi connectivity index (χ4n) is 0.620. The Balaban J connectivity index is 0.000000215. The Morgan fingerprint density at radius 3 is 2.08 bits per heavy atom. The summed E-state index contributed by atoms with van der Waals surface area (Å²) in [6, 6.07) is 10.1. The molecule has 0 radical (unpaired) electrons. The van der Waals surface area contributed by atoms with Gasteiger partial charge in [0.1, 0.15) is 0 Å². The van der Waals surface area contributed by atoms with Gasteiger partial charge in [-0.3, -0.25) is 5.10 Å². The molecule has 2 rings (SSSR count). The molecular weight excluding hydrogens is 296 g/mol. The van der Waals surface area contributed by atoms with E-state index in [-0.39, 0.29) is 24.0 Å². The van der Waals surface area contributed by atoms with Crippen molar-refractivity contribution in [3.05, 3.63) is 42.7 Å². The predicted octanol–water partition coefficient (Wildman–Crippen LogP) is 1.61. The Bertz CT molecular complexity index is 268. The first-order valence-corrected chi connectivity index (χ1v) is 4.08. The summed E-state index contributed by atoms with van der Waals surface area (Å²) in [5.41, 5.74) is 0. The molecule has 0 saturated heterocycles. The molecule has 0 bridgehead atoms. The number of H-pyrrole nitrogens is 1. The second-order valence-electron chi connectivity index (χ2n) is 2.07. The molecule has 1 aromatic carbocycles. The normalized spacial score (nSPS) is 7.77. The van der Waals surface area contributed by atoms with E-state index in [1.54, 1.807) is 12.4 Å². The summed E-state index contributed by atoms with van der Waals surface area (Å²) >= 11 is 0. The molecule has 70 valence electrons. The number of nitrogens with zero attached hydrogens (tertiary/aromatic N) is 2. The van der Waals surface area contributed by atoms with E-state index in [0.717, 1.165) is 0 Å². The average molecular weight is 307 g/mol. The highest BCUT2D eigenvalue weighted by atomic mass is 127. The topological polar surface area (TPSA) is 41.6 Å². The number of halogens is 1. The molecule has 0 aliphatic rings. The standard InChI is InChI=1S/C6H7P.C2H3N3.HI/c7-6-4-2-1-3-5-6;1-2-4-5-3-1;/h1-5H,7H2;1-2H,(H,3,4,5);1H. The lowest BCUT2D eigenvalue weighted by Crippen LogP contribution is -1.82. The van der Waals surface area contributed by atoms with Crippen LogP contribution in [-0.4, -0.2) is 15.4 Å². The first-order chi connectivity index (χ1) is 5.89. The van der Waals surface area contributed by atoms with Crippen molar-refractivity contribution in [1.82, 2.24) is 15.4 Å². The molecule has 5 heteroatoms. The van der Waals surface area contributed by atoms with Gasteiger partial charge < -0.3 is 0 Å². The monoisotopic (exact) mass is 307 g/mol. The maximum Gasteiger partial charge on any atom is 0.0690 e. The van der Waals surface area contributed by atoms with Crippen molar-refractivity contribution >= 4 is 38.5 Å². The van der Waals surface area contributed by atoms with Crippen molar-refractivity contribution in [1.29, 1.82) is 0 Å². The zero-order chi connectivity index (χ0) is 8.65. The molecule has 0 aliphatic heterocycles. The van der Waals surface area contributed by atoms with E-state index in [4.69, 9.17) is 0 Å². The molecule has 1 N–H and O–H groups in total. The van der Waals surface area contributed by atoms with Crippen molar-refractivity contribution in [3.8, 4) is 0 Å². The van der Waals surface area contributed by atoms with Crippen LogP contribution in [0.4, 0.5) is 0 Å². The van der Waals surface area contributed by atoms with Gasteiger partial charge in [0.05, 0.1) is 6.20 Å². The molecule has 0 spiro atoms. The molecule has 1 aromatic heterocycles. The maximum absolute atomic E-state index is 3.42. The highest BCUT2D eigenvalue weighted by molar-refractivity contribution is 14.0. The summed E-state index contributed by atoms with van der Waals surface area (Å²) in [6.45, 7) is 0. The Morgan fingerprint density at radius 1 is 1.15 bits per heavy atom. The van der Waals surface area contributed by atoms with E-state index in [0.29, 0.717) is 0 Å². The Hall–Kier alpha value is -0.480. The molecule has 2 aromatic rings. The highest BCUT2D eigenvalue weighted by Crippen LogP contribution is 1.86. The van der Waals surface area contributed by atoms with Gasteiger partial charge in [-0.2, -0.15) is 0 Å². The van der Waals surface area contributed by atoms with Crippen LogP contribution in [0.3, 0.4) is 0 Å². The number of benzene rings is 1. The second kappa shape index (κ2) is 8.13. The second-order valence-corrected chi connectivity index (χ2v) is 2.74. The number of aromatic nitrogens is 3. The lowest BCUT2D eigenvalue weighted by atomic mass is 10.4. The van der Waals surface area contributed by atoms with Gasteiger partial charge in [0.25, 0.3) is 0 Å². The third kappa shape index (κ3) is 6.66. The quantitative estimate of drug-likeness (QED) is 0.593. The largest absolute Gasteiger partial charge is 0.266 e. The Kier molecular flexibility index (Phi) is 7.83. The van der Waals surface area contributed by atoms with Crippen molar-refractivity contribution < 1.29 is 0 Å². The third-order valence-electron chi connectivity index (χ3n) is 1.13. The van der Waals surface area contributed by atoms with Gasteiger partial charge in [-0.25, -0.2) is 0 Å². The van der Waals surface area contributed by atoms with Gasteiger partial charge in [-0.15, -0.1) is 38.3 Å². The summed E-state index contributed by atoms with van der Waals surface area (Å²) < 4.78 is 0. The summed E-state index contributed by atoms with van der Waals surface area (Å²) in [5, 5.41) is 10.5. The fourth-order valence-corrected chi connectivity index (χ4v) is 0.842. The van der Waals surface area contributed by atoms with Crippen molar-refractivity contribution in [2.45, 2.75) is 0 Å². The van der Waals surface area contributed by atoms with Gasteiger partial charge in [0, 0.05) is 6.20 Å². The zero-order valence-corrected chi connectivity index (χ0v) is 10.4. The zero-order valence-electron chi connectivity index (χ0n) is 6.92. The van der Waals surface area contributed by atoms with E-state index in [1.807, 2.05) is 30.3 Å². The van der Waals surface area contributed by atoms with Gasteiger partial charge in [-0.1, -0.05) is 35.5 Å². The number of hydrogen-bond acceptors (Lipinski definition) is 2. The molecule has 0 aliphatic carbocycles. The van der Waals surface area contributed by atoms with Crippen LogP contribution >= 0.6 is 33.2 Å². The van der Waals surface area contributed by atoms with E-state index >= 15 is 0 Å². The SMILES string of the molecule is I.Pc1ccccc1.c1c[nH]nn1. The van der Waals surface area contributed by atoms with E-state index in [1.165, 1.54) is 5.30 Å². The van der Waals surface area contributed by atoms with Gasteiger partial charge in [-0.05, 0) is 5.30 Å². The van der Waals surface area contributed by atoms with Crippen molar-refractivity contribution in [2.75, 3.05) is 0 Å².